The lowest BCUT2D eigenvalue weighted by atomic mass is 9.74. The summed E-state index contributed by atoms with van der Waals surface area (Å²) in [5, 5.41) is 7.52. The molecule has 0 radical (unpaired) electrons. The number of carbonyl (C=O) groups excluding carboxylic acids is 1. The van der Waals surface area contributed by atoms with Gasteiger partial charge < -0.3 is 5.32 Å². The number of piperidine rings is 1. The van der Waals surface area contributed by atoms with E-state index in [2.05, 4.69) is 51.3 Å². The van der Waals surface area contributed by atoms with Crippen LogP contribution in [-0.4, -0.2) is 23.9 Å². The molecular weight excluding hydrogens is 304 g/mol. The van der Waals surface area contributed by atoms with Gasteiger partial charge in [-0.05, 0) is 59.3 Å². The Balaban J connectivity index is 1.59. The Morgan fingerprint density at radius 2 is 2.09 bits per heavy atom. The van der Waals surface area contributed by atoms with Crippen molar-refractivity contribution in [2.45, 2.75) is 32.4 Å². The molecule has 0 aliphatic carbocycles. The van der Waals surface area contributed by atoms with E-state index in [1.54, 1.807) is 11.3 Å². The molecule has 0 bridgehead atoms. The largest absolute Gasteiger partial charge is 0.351 e. The molecule has 1 unspecified atom stereocenters. The van der Waals surface area contributed by atoms with Crippen LogP contribution in [0, 0.1) is 5.41 Å². The molecule has 0 saturated carbocycles. The lowest BCUT2D eigenvalue weighted by molar-refractivity contribution is -0.134. The predicted octanol–water partition coefficient (Wildman–Crippen LogP) is 3.20. The van der Waals surface area contributed by atoms with Gasteiger partial charge in [-0.2, -0.15) is 11.3 Å². The first-order valence-corrected chi connectivity index (χ1v) is 9.28. The molecule has 3 heterocycles. The number of thiophene rings is 1. The summed E-state index contributed by atoms with van der Waals surface area (Å²) in [4.78, 5) is 15.3. The van der Waals surface area contributed by atoms with Gasteiger partial charge in [-0.25, -0.2) is 0 Å². The van der Waals surface area contributed by atoms with Crippen LogP contribution < -0.4 is 5.32 Å². The minimum atomic E-state index is -0.263. The Bertz CT molecular complexity index is 697. The Morgan fingerprint density at radius 1 is 1.22 bits per heavy atom. The minimum absolute atomic E-state index is 0.240. The van der Waals surface area contributed by atoms with E-state index in [-0.39, 0.29) is 11.3 Å². The molecule has 1 N–H and O–H groups in total. The van der Waals surface area contributed by atoms with Crippen LogP contribution in [0.15, 0.2) is 41.1 Å². The summed E-state index contributed by atoms with van der Waals surface area (Å²) in [6.45, 7) is 3.58. The molecule has 2 aromatic rings. The van der Waals surface area contributed by atoms with Gasteiger partial charge in [0.25, 0.3) is 0 Å². The molecule has 1 atom stereocenters. The molecule has 2 aliphatic rings. The van der Waals surface area contributed by atoms with Crippen molar-refractivity contribution in [2.75, 3.05) is 13.1 Å². The number of rotatable bonds is 2. The van der Waals surface area contributed by atoms with E-state index in [1.165, 1.54) is 16.7 Å². The predicted molar refractivity (Wildman–Crippen MR) is 93.3 cm³/mol. The summed E-state index contributed by atoms with van der Waals surface area (Å²) in [6.07, 6.45) is 2.96. The molecule has 4 rings (SSSR count). The molecular formula is C19H22N2OS. The van der Waals surface area contributed by atoms with E-state index in [4.69, 9.17) is 0 Å². The molecule has 23 heavy (non-hydrogen) atoms. The molecule has 120 valence electrons. The fourth-order valence-electron chi connectivity index (χ4n) is 4.04. The molecule has 1 spiro atoms. The third kappa shape index (κ3) is 2.93. The molecule has 1 fully saturated rings. The second-order valence-corrected chi connectivity index (χ2v) is 7.63. The highest BCUT2D eigenvalue weighted by Crippen LogP contribution is 2.37. The number of nitrogens with zero attached hydrogens (tertiary/aromatic N) is 1. The Labute approximate surface area is 141 Å². The maximum Gasteiger partial charge on any atom is 0.228 e. The van der Waals surface area contributed by atoms with Gasteiger partial charge >= 0.3 is 0 Å². The van der Waals surface area contributed by atoms with Crippen molar-refractivity contribution in [2.24, 2.45) is 5.41 Å². The monoisotopic (exact) mass is 326 g/mol. The molecule has 1 amide bonds. The average Bonchev–Trinajstić information content (AvgIpc) is 3.02. The van der Waals surface area contributed by atoms with Crippen LogP contribution in [0.1, 0.15) is 29.5 Å². The number of nitrogens with one attached hydrogen (secondary N) is 1. The van der Waals surface area contributed by atoms with Crippen LogP contribution in [0.25, 0.3) is 0 Å². The van der Waals surface area contributed by atoms with Crippen LogP contribution >= 0.6 is 11.3 Å². The molecule has 1 saturated heterocycles. The second kappa shape index (κ2) is 6.10. The Morgan fingerprint density at radius 3 is 2.91 bits per heavy atom. The first-order valence-electron chi connectivity index (χ1n) is 8.34. The molecule has 3 nitrogen and oxygen atoms in total. The van der Waals surface area contributed by atoms with Gasteiger partial charge in [-0.3, -0.25) is 9.69 Å². The van der Waals surface area contributed by atoms with Crippen molar-refractivity contribution in [3.05, 3.63) is 57.8 Å². The van der Waals surface area contributed by atoms with Crippen molar-refractivity contribution in [1.29, 1.82) is 0 Å². The zero-order valence-electron chi connectivity index (χ0n) is 13.3. The molecule has 2 aliphatic heterocycles. The van der Waals surface area contributed by atoms with Gasteiger partial charge in [-0.15, -0.1) is 0 Å². The molecule has 1 aromatic carbocycles. The normalized spacial score (nSPS) is 25.0. The number of carbonyl (C=O) groups is 1. The summed E-state index contributed by atoms with van der Waals surface area (Å²) in [5.74, 6) is 0.240. The van der Waals surface area contributed by atoms with E-state index >= 15 is 0 Å². The third-order valence-corrected chi connectivity index (χ3v) is 5.94. The van der Waals surface area contributed by atoms with Crippen LogP contribution in [0.5, 0.6) is 0 Å². The first kappa shape index (κ1) is 14.9. The van der Waals surface area contributed by atoms with E-state index in [0.717, 1.165) is 38.9 Å². The minimum Gasteiger partial charge on any atom is -0.351 e. The van der Waals surface area contributed by atoms with E-state index < -0.39 is 0 Å². The van der Waals surface area contributed by atoms with Gasteiger partial charge in [0, 0.05) is 19.6 Å². The zero-order chi connectivity index (χ0) is 15.7. The highest BCUT2D eigenvalue weighted by atomic mass is 32.1. The van der Waals surface area contributed by atoms with Gasteiger partial charge in [0.1, 0.15) is 0 Å². The van der Waals surface area contributed by atoms with Crippen molar-refractivity contribution < 1.29 is 4.79 Å². The second-order valence-electron chi connectivity index (χ2n) is 6.85. The van der Waals surface area contributed by atoms with Crippen LogP contribution in [-0.2, 0) is 24.3 Å². The van der Waals surface area contributed by atoms with Crippen molar-refractivity contribution in [3.63, 3.8) is 0 Å². The average molecular weight is 326 g/mol. The number of hydrogen-bond acceptors (Lipinski definition) is 3. The fourth-order valence-corrected chi connectivity index (χ4v) is 4.70. The maximum absolute atomic E-state index is 12.9. The Hall–Kier alpha value is -1.65. The summed E-state index contributed by atoms with van der Waals surface area (Å²) < 4.78 is 0. The fraction of sp³-hybridized carbons (Fsp3) is 0.421. The summed E-state index contributed by atoms with van der Waals surface area (Å²) >= 11 is 1.74. The van der Waals surface area contributed by atoms with E-state index in [1.807, 2.05) is 0 Å². The van der Waals surface area contributed by atoms with Gasteiger partial charge in [0.05, 0.1) is 5.41 Å². The number of fused-ring (bicyclic) bond motifs is 1. The van der Waals surface area contributed by atoms with Crippen LogP contribution in [0.3, 0.4) is 0 Å². The maximum atomic E-state index is 12.9. The van der Waals surface area contributed by atoms with Gasteiger partial charge in [-0.1, -0.05) is 24.3 Å². The smallest absolute Gasteiger partial charge is 0.228 e. The quantitative estimate of drug-likeness (QED) is 0.919. The highest BCUT2D eigenvalue weighted by molar-refractivity contribution is 7.07. The number of likely N-dealkylation sites (tertiary alicyclic amines) is 1. The summed E-state index contributed by atoms with van der Waals surface area (Å²) in [6, 6.07) is 10.7. The lowest BCUT2D eigenvalue weighted by Gasteiger charge is -2.41. The van der Waals surface area contributed by atoms with Crippen LogP contribution in [0.2, 0.25) is 0 Å². The Kier molecular flexibility index (Phi) is 3.95. The zero-order valence-corrected chi connectivity index (χ0v) is 14.1. The summed E-state index contributed by atoms with van der Waals surface area (Å²) in [7, 11) is 0. The lowest BCUT2D eigenvalue weighted by Crippen LogP contribution is -2.51. The number of hydrogen-bond donors (Lipinski definition) is 1. The number of amides is 1. The third-order valence-electron chi connectivity index (χ3n) is 5.21. The van der Waals surface area contributed by atoms with Crippen molar-refractivity contribution >= 4 is 17.2 Å². The highest BCUT2D eigenvalue weighted by Gasteiger charge is 2.43. The summed E-state index contributed by atoms with van der Waals surface area (Å²) in [5.41, 5.74) is 3.71. The van der Waals surface area contributed by atoms with E-state index in [0.29, 0.717) is 6.54 Å². The standard InChI is InChI=1S/C19H22N2OS/c22-18-19(10-16-4-1-2-5-17(16)11-20-18)7-3-8-21(14-19)12-15-6-9-23-13-15/h1-2,4-6,9,13H,3,7-8,10-12,14H2,(H,20,22). The van der Waals surface area contributed by atoms with Crippen molar-refractivity contribution in [3.8, 4) is 0 Å². The van der Waals surface area contributed by atoms with E-state index in [9.17, 15) is 4.79 Å². The van der Waals surface area contributed by atoms with Crippen molar-refractivity contribution in [1.82, 2.24) is 10.2 Å². The molecule has 4 heteroatoms. The van der Waals surface area contributed by atoms with Gasteiger partial charge in [0.15, 0.2) is 0 Å². The topological polar surface area (TPSA) is 32.3 Å². The van der Waals surface area contributed by atoms with Crippen LogP contribution in [0.4, 0.5) is 0 Å². The molecule has 1 aromatic heterocycles. The SMILES string of the molecule is O=C1NCc2ccccc2CC12CCCN(Cc1ccsc1)C2. The first-order chi connectivity index (χ1) is 11.3. The number of benzene rings is 1. The van der Waals surface area contributed by atoms with Gasteiger partial charge in [0.2, 0.25) is 5.91 Å².